The molecule has 2 heterocycles. The van der Waals surface area contributed by atoms with E-state index in [9.17, 15) is 14.7 Å². The van der Waals surface area contributed by atoms with Crippen molar-refractivity contribution in [2.45, 2.75) is 51.2 Å². The third-order valence-electron chi connectivity index (χ3n) is 6.09. The molecule has 5 nitrogen and oxygen atoms in total. The molecule has 0 bridgehead atoms. The summed E-state index contributed by atoms with van der Waals surface area (Å²) in [6.07, 6.45) is 6.08. The molecule has 0 radical (unpaired) electrons. The highest BCUT2D eigenvalue weighted by atomic mass is 32.1. The van der Waals surface area contributed by atoms with Crippen molar-refractivity contribution in [3.63, 3.8) is 0 Å². The average Bonchev–Trinajstić information content (AvgIpc) is 3.46. The number of aliphatic hydroxyl groups excluding tert-OH is 1. The monoisotopic (exact) mass is 409 g/mol. The number of Topliss-reactive ketones (excluding diaryl/α,β-unsaturated/α-hetero) is 1. The normalized spacial score (nSPS) is 18.7. The number of pyridine rings is 1. The Bertz CT molecular complexity index is 1200. The van der Waals surface area contributed by atoms with Crippen LogP contribution in [-0.2, 0) is 6.42 Å². The Morgan fingerprint density at radius 3 is 2.72 bits per heavy atom. The smallest absolute Gasteiger partial charge is 0.200 e. The lowest BCUT2D eigenvalue weighted by atomic mass is 9.90. The fourth-order valence-corrected chi connectivity index (χ4v) is 5.64. The fourth-order valence-electron chi connectivity index (χ4n) is 4.49. The van der Waals surface area contributed by atoms with E-state index in [0.29, 0.717) is 17.2 Å². The van der Waals surface area contributed by atoms with E-state index in [4.69, 9.17) is 4.74 Å². The topological polar surface area (TPSA) is 68.5 Å². The highest BCUT2D eigenvalue weighted by molar-refractivity contribution is 7.10. The third kappa shape index (κ3) is 2.85. The predicted octanol–water partition coefficient (Wildman–Crippen LogP) is 4.65. The molecular formula is C23H23NO4S. The highest BCUT2D eigenvalue weighted by Gasteiger charge is 2.30. The van der Waals surface area contributed by atoms with Crippen LogP contribution in [0.15, 0.2) is 28.5 Å². The number of ketones is 1. The van der Waals surface area contributed by atoms with Gasteiger partial charge in [-0.2, -0.15) is 0 Å². The number of fused-ring (bicyclic) bond motifs is 2. The third-order valence-corrected chi connectivity index (χ3v) is 7.22. The Balaban J connectivity index is 1.82. The van der Waals surface area contributed by atoms with E-state index in [1.165, 1.54) is 12.5 Å². The molecule has 6 heteroatoms. The zero-order valence-electron chi connectivity index (χ0n) is 16.5. The van der Waals surface area contributed by atoms with Gasteiger partial charge < -0.3 is 14.4 Å². The van der Waals surface area contributed by atoms with Gasteiger partial charge in [-0.05, 0) is 67.7 Å². The average molecular weight is 410 g/mol. The largest absolute Gasteiger partial charge is 0.494 e. The van der Waals surface area contributed by atoms with Crippen molar-refractivity contribution in [2.24, 2.45) is 0 Å². The molecule has 150 valence electrons. The molecule has 1 N–H and O–H groups in total. The van der Waals surface area contributed by atoms with Crippen molar-refractivity contribution >= 4 is 28.0 Å². The number of thiophene rings is 1. The Labute approximate surface area is 172 Å². The number of carbonyl (C=O) groups excluding carboxylic acids is 1. The van der Waals surface area contributed by atoms with Crippen LogP contribution in [0.25, 0.3) is 22.0 Å². The van der Waals surface area contributed by atoms with Gasteiger partial charge in [-0.3, -0.25) is 9.59 Å². The quantitative estimate of drug-likeness (QED) is 0.637. The molecule has 5 rings (SSSR count). The van der Waals surface area contributed by atoms with Crippen molar-refractivity contribution in [3.05, 3.63) is 49.9 Å². The lowest BCUT2D eigenvalue weighted by Gasteiger charge is -2.20. The minimum absolute atomic E-state index is 0.213. The summed E-state index contributed by atoms with van der Waals surface area (Å²) in [5.74, 6) is 0.456. The summed E-state index contributed by atoms with van der Waals surface area (Å²) in [6, 6.07) is 4.04. The van der Waals surface area contributed by atoms with Gasteiger partial charge in [-0.15, -0.1) is 11.3 Å². The summed E-state index contributed by atoms with van der Waals surface area (Å²) >= 11 is 1.59. The van der Waals surface area contributed by atoms with Crippen LogP contribution in [0.3, 0.4) is 0 Å². The van der Waals surface area contributed by atoms with E-state index in [1.807, 2.05) is 12.1 Å². The molecule has 1 unspecified atom stereocenters. The van der Waals surface area contributed by atoms with E-state index in [1.54, 1.807) is 24.6 Å². The van der Waals surface area contributed by atoms with Crippen molar-refractivity contribution in [1.82, 2.24) is 4.57 Å². The number of benzene rings is 1. The summed E-state index contributed by atoms with van der Waals surface area (Å²) < 4.78 is 7.93. The number of hydrogen-bond acceptors (Lipinski definition) is 5. The molecule has 0 saturated heterocycles. The summed E-state index contributed by atoms with van der Waals surface area (Å²) in [5.41, 5.74) is 3.96. The van der Waals surface area contributed by atoms with Gasteiger partial charge in [0.2, 0.25) is 0 Å². The standard InChI is InChI=1S/C23H23NO4S/c1-12(25)17-10-24(13-6-7-13)20-16(21(17)27)9-8-14(22(20)28-2)18-11-29-23-15(18)4-3-5-19(23)26/h8-11,13,19,26H,3-7H2,1-2H3. The molecule has 0 amide bonds. The number of ether oxygens (including phenoxy) is 1. The molecule has 0 spiro atoms. The van der Waals surface area contributed by atoms with Gasteiger partial charge >= 0.3 is 0 Å². The first kappa shape index (κ1) is 18.6. The highest BCUT2D eigenvalue weighted by Crippen LogP contribution is 2.46. The minimum atomic E-state index is -0.397. The second-order valence-electron chi connectivity index (χ2n) is 8.01. The number of aliphatic hydroxyl groups is 1. The Morgan fingerprint density at radius 2 is 2.03 bits per heavy atom. The van der Waals surface area contributed by atoms with Crippen LogP contribution in [-0.4, -0.2) is 22.6 Å². The van der Waals surface area contributed by atoms with Crippen LogP contribution >= 0.6 is 11.3 Å². The van der Waals surface area contributed by atoms with Gasteiger partial charge in [0.05, 0.1) is 29.7 Å². The van der Waals surface area contributed by atoms with E-state index in [-0.39, 0.29) is 16.8 Å². The molecule has 29 heavy (non-hydrogen) atoms. The van der Waals surface area contributed by atoms with Crippen molar-refractivity contribution in [3.8, 4) is 16.9 Å². The number of aromatic nitrogens is 1. The van der Waals surface area contributed by atoms with Gasteiger partial charge in [-0.25, -0.2) is 0 Å². The first-order valence-electron chi connectivity index (χ1n) is 10.1. The van der Waals surface area contributed by atoms with Gasteiger partial charge in [0, 0.05) is 22.7 Å². The maximum absolute atomic E-state index is 13.0. The van der Waals surface area contributed by atoms with Crippen LogP contribution in [0.1, 0.15) is 65.6 Å². The molecule has 0 aliphatic heterocycles. The Morgan fingerprint density at radius 1 is 1.24 bits per heavy atom. The summed E-state index contributed by atoms with van der Waals surface area (Å²) in [5, 5.41) is 13.0. The summed E-state index contributed by atoms with van der Waals surface area (Å²) in [6.45, 7) is 1.44. The maximum atomic E-state index is 13.0. The molecule has 2 aliphatic carbocycles. The lowest BCUT2D eigenvalue weighted by molar-refractivity contribution is 0.101. The zero-order chi connectivity index (χ0) is 20.3. The van der Waals surface area contributed by atoms with Crippen LogP contribution in [0, 0.1) is 0 Å². The van der Waals surface area contributed by atoms with Crippen LogP contribution in [0.5, 0.6) is 5.75 Å². The van der Waals surface area contributed by atoms with Crippen LogP contribution in [0.4, 0.5) is 0 Å². The minimum Gasteiger partial charge on any atom is -0.494 e. The molecule has 1 saturated carbocycles. The van der Waals surface area contributed by atoms with Crippen molar-refractivity contribution in [2.75, 3.05) is 7.11 Å². The van der Waals surface area contributed by atoms with E-state index >= 15 is 0 Å². The first-order valence-corrected chi connectivity index (χ1v) is 10.9. The predicted molar refractivity (Wildman–Crippen MR) is 114 cm³/mol. The number of methoxy groups -OCH3 is 1. The second kappa shape index (κ2) is 6.82. The van der Waals surface area contributed by atoms with E-state index in [0.717, 1.165) is 53.6 Å². The first-order chi connectivity index (χ1) is 14.0. The van der Waals surface area contributed by atoms with Gasteiger partial charge in [0.25, 0.3) is 0 Å². The molecule has 1 atom stereocenters. The van der Waals surface area contributed by atoms with E-state index < -0.39 is 6.10 Å². The molecule has 1 aromatic carbocycles. The Kier molecular flexibility index (Phi) is 4.37. The van der Waals surface area contributed by atoms with Crippen LogP contribution in [0.2, 0.25) is 0 Å². The van der Waals surface area contributed by atoms with Crippen molar-refractivity contribution < 1.29 is 14.6 Å². The van der Waals surface area contributed by atoms with Crippen LogP contribution < -0.4 is 10.2 Å². The second-order valence-corrected chi connectivity index (χ2v) is 8.92. The van der Waals surface area contributed by atoms with Gasteiger partial charge in [0.15, 0.2) is 17.0 Å². The molecule has 3 aromatic rings. The van der Waals surface area contributed by atoms with E-state index in [2.05, 4.69) is 9.95 Å². The number of rotatable bonds is 4. The number of nitrogens with zero attached hydrogens (tertiary/aromatic N) is 1. The maximum Gasteiger partial charge on any atom is 0.200 e. The lowest BCUT2D eigenvalue weighted by Crippen LogP contribution is -2.18. The fraction of sp³-hybridized carbons (Fsp3) is 0.391. The summed E-state index contributed by atoms with van der Waals surface area (Å²) in [7, 11) is 1.63. The number of hydrogen-bond donors (Lipinski definition) is 1. The molecule has 2 aromatic heterocycles. The summed E-state index contributed by atoms with van der Waals surface area (Å²) in [4.78, 5) is 26.1. The SMILES string of the molecule is COc1c(-c2csc3c2CCCC3O)ccc2c(=O)c(C(C)=O)cn(C3CC3)c12. The molecular weight excluding hydrogens is 386 g/mol. The van der Waals surface area contributed by atoms with Gasteiger partial charge in [-0.1, -0.05) is 0 Å². The molecule has 1 fully saturated rings. The molecule has 2 aliphatic rings. The van der Waals surface area contributed by atoms with Crippen molar-refractivity contribution in [1.29, 1.82) is 0 Å². The Hall–Kier alpha value is -2.44. The zero-order valence-corrected chi connectivity index (χ0v) is 17.3. The number of carbonyl (C=O) groups is 1. The van der Waals surface area contributed by atoms with Gasteiger partial charge in [0.1, 0.15) is 0 Å².